The molecule has 0 fully saturated rings. The van der Waals surface area contributed by atoms with Crippen molar-refractivity contribution in [3.8, 4) is 46.0 Å². The van der Waals surface area contributed by atoms with E-state index in [1.165, 1.54) is 24.8 Å². The van der Waals surface area contributed by atoms with Crippen LogP contribution in [0.5, 0.6) is 46.0 Å². The van der Waals surface area contributed by atoms with Crippen molar-refractivity contribution in [3.63, 3.8) is 0 Å². The van der Waals surface area contributed by atoms with Crippen LogP contribution in [0.3, 0.4) is 0 Å². The number of likely N-dealkylation sites (N-methyl/N-ethyl adjacent to an activating group) is 2. The summed E-state index contributed by atoms with van der Waals surface area (Å²) in [6.07, 6.45) is 2.62. The molecular formula is C44H46FN3O8S. The van der Waals surface area contributed by atoms with Crippen molar-refractivity contribution in [3.05, 3.63) is 118 Å². The van der Waals surface area contributed by atoms with E-state index in [9.17, 15) is 12.8 Å². The highest BCUT2D eigenvalue weighted by Crippen LogP contribution is 2.52. The Bertz CT molecular complexity index is 2420. The van der Waals surface area contributed by atoms with Gasteiger partial charge in [0.15, 0.2) is 34.5 Å². The monoisotopic (exact) mass is 795 g/mol. The lowest BCUT2D eigenvalue weighted by molar-refractivity contribution is 0.220. The topological polar surface area (TPSA) is 108 Å². The Morgan fingerprint density at radius 2 is 1.32 bits per heavy atom. The molecule has 5 aromatic carbocycles. The predicted octanol–water partition coefficient (Wildman–Crippen LogP) is 8.10. The number of nitrogens with zero attached hydrogens (tertiary/aromatic N) is 2. The molecule has 5 aromatic rings. The maximum Gasteiger partial charge on any atom is 0.261 e. The van der Waals surface area contributed by atoms with Gasteiger partial charge >= 0.3 is 0 Å². The third-order valence-corrected chi connectivity index (χ3v) is 12.7. The van der Waals surface area contributed by atoms with Crippen molar-refractivity contribution in [1.82, 2.24) is 9.80 Å². The molecule has 0 aliphatic carbocycles. The highest BCUT2D eigenvalue weighted by molar-refractivity contribution is 7.92. The summed E-state index contributed by atoms with van der Waals surface area (Å²) < 4.78 is 81.7. The van der Waals surface area contributed by atoms with Crippen LogP contribution in [0.25, 0.3) is 0 Å². The molecule has 0 saturated heterocycles. The van der Waals surface area contributed by atoms with E-state index in [2.05, 4.69) is 45.8 Å². The van der Waals surface area contributed by atoms with E-state index in [1.807, 2.05) is 31.3 Å². The molecule has 0 unspecified atom stereocenters. The molecule has 4 aliphatic rings. The molecule has 298 valence electrons. The third-order valence-electron chi connectivity index (χ3n) is 11.4. The molecule has 0 spiro atoms. The first-order valence-electron chi connectivity index (χ1n) is 18.8. The second-order valence-electron chi connectivity index (χ2n) is 14.7. The number of nitrogens with one attached hydrogen (secondary N) is 1. The molecule has 4 heterocycles. The van der Waals surface area contributed by atoms with Crippen molar-refractivity contribution < 1.29 is 41.2 Å². The van der Waals surface area contributed by atoms with Crippen molar-refractivity contribution in [2.45, 2.75) is 42.7 Å². The lowest BCUT2D eigenvalue weighted by Gasteiger charge is -2.37. The molecule has 13 heteroatoms. The lowest BCUT2D eigenvalue weighted by atomic mass is 9.87. The molecule has 1 N–H and O–H groups in total. The fourth-order valence-corrected chi connectivity index (χ4v) is 9.35. The standard InChI is InChI=1S/C44H46FN3O8S/c1-47-17-15-27-21-37(51-3)40-24-33(27)35(47)19-26-7-11-31(12-8-26)55-39-23-29(34(25-38(39)52-4)46-57(49,50)32-13-9-30(45)10-14-32)20-36-42-28(16-18-48(36)2)22-41(53-5)43(54-6)44(42)56-40/h7-14,21-25,35-36,46H,15-20H2,1-6H3/t35-,36-/m0/s1. The smallest absolute Gasteiger partial charge is 0.261 e. The van der Waals surface area contributed by atoms with Gasteiger partial charge in [-0.1, -0.05) is 12.1 Å². The van der Waals surface area contributed by atoms with E-state index < -0.39 is 15.8 Å². The second kappa shape index (κ2) is 15.4. The molecule has 0 saturated carbocycles. The normalized spacial score (nSPS) is 17.9. The zero-order chi connectivity index (χ0) is 40.0. The van der Waals surface area contributed by atoms with Crippen LogP contribution >= 0.6 is 0 Å². The van der Waals surface area contributed by atoms with Crippen molar-refractivity contribution >= 4 is 15.7 Å². The number of halogens is 1. The van der Waals surface area contributed by atoms with Gasteiger partial charge < -0.3 is 28.4 Å². The Hall–Kier alpha value is -5.50. The molecule has 0 amide bonds. The minimum atomic E-state index is -4.16. The molecule has 11 nitrogen and oxygen atoms in total. The third kappa shape index (κ3) is 7.31. The van der Waals surface area contributed by atoms with Crippen molar-refractivity contribution in [2.75, 3.05) is 60.3 Å². The highest BCUT2D eigenvalue weighted by atomic mass is 32.2. The Balaban J connectivity index is 1.36. The predicted molar refractivity (Wildman–Crippen MR) is 215 cm³/mol. The summed E-state index contributed by atoms with van der Waals surface area (Å²) in [5.41, 5.74) is 6.27. The van der Waals surface area contributed by atoms with E-state index in [0.29, 0.717) is 70.9 Å². The van der Waals surface area contributed by atoms with Gasteiger partial charge in [0, 0.05) is 36.8 Å². The number of anilines is 1. The zero-order valence-corrected chi connectivity index (χ0v) is 33.7. The Labute approximate surface area is 332 Å². The minimum Gasteiger partial charge on any atom is -0.493 e. The number of ether oxygens (including phenoxy) is 6. The average molecular weight is 796 g/mol. The maximum absolute atomic E-state index is 13.8. The number of methoxy groups -OCH3 is 4. The summed E-state index contributed by atoms with van der Waals surface area (Å²) in [6.45, 7) is 1.59. The fourth-order valence-electron chi connectivity index (χ4n) is 8.26. The molecule has 2 atom stereocenters. The van der Waals surface area contributed by atoms with E-state index in [4.69, 9.17) is 28.4 Å². The Kier molecular flexibility index (Phi) is 10.4. The van der Waals surface area contributed by atoms with Gasteiger partial charge in [0.2, 0.25) is 5.75 Å². The summed E-state index contributed by atoms with van der Waals surface area (Å²) in [6, 6.07) is 22.0. The largest absolute Gasteiger partial charge is 0.493 e. The summed E-state index contributed by atoms with van der Waals surface area (Å²) >= 11 is 0. The number of benzene rings is 5. The molecule has 0 radical (unpaired) electrons. The number of sulfonamides is 1. The average Bonchev–Trinajstić information content (AvgIpc) is 3.20. The first kappa shape index (κ1) is 38.4. The van der Waals surface area contributed by atoms with Crippen molar-refractivity contribution in [1.29, 1.82) is 0 Å². The zero-order valence-electron chi connectivity index (χ0n) is 32.8. The fraction of sp³-hybridized carbons (Fsp3) is 0.318. The maximum atomic E-state index is 13.8. The van der Waals surface area contributed by atoms with Gasteiger partial charge in [0.25, 0.3) is 10.0 Å². The minimum absolute atomic E-state index is 0.0709. The summed E-state index contributed by atoms with van der Waals surface area (Å²) in [4.78, 5) is 4.50. The van der Waals surface area contributed by atoms with Crippen LogP contribution in [-0.2, 0) is 35.7 Å². The molecule has 57 heavy (non-hydrogen) atoms. The molecular weight excluding hydrogens is 750 g/mol. The van der Waals surface area contributed by atoms with Gasteiger partial charge in [-0.05, 0) is 128 Å². The number of fused-ring (bicyclic) bond motifs is 2. The number of hydrogen-bond acceptors (Lipinski definition) is 10. The Morgan fingerprint density at radius 3 is 2.00 bits per heavy atom. The van der Waals surface area contributed by atoms with Gasteiger partial charge in [0.05, 0.1) is 39.0 Å². The summed E-state index contributed by atoms with van der Waals surface area (Å²) in [5, 5.41) is 0. The van der Waals surface area contributed by atoms with Gasteiger partial charge in [-0.25, -0.2) is 12.8 Å². The van der Waals surface area contributed by atoms with E-state index in [0.717, 1.165) is 53.8 Å². The van der Waals surface area contributed by atoms with E-state index in [1.54, 1.807) is 27.4 Å². The first-order chi connectivity index (χ1) is 27.5. The quantitative estimate of drug-likeness (QED) is 0.174. The molecule has 9 rings (SSSR count). The van der Waals surface area contributed by atoms with Crippen molar-refractivity contribution in [2.24, 2.45) is 0 Å². The van der Waals surface area contributed by atoms with Crippen LogP contribution in [-0.4, -0.2) is 73.8 Å². The van der Waals surface area contributed by atoms with Crippen LogP contribution in [0.2, 0.25) is 0 Å². The SMILES string of the molecule is COc1cc(NS(=O)(=O)c2ccc(F)cc2)c2cc1Oc1ccc(cc1)C[C@H]1c3cc(c(OC)cc3CCN1C)Oc1c(OC)c(OC)cc3c1[C@H](C2)N(C)CC3. The van der Waals surface area contributed by atoms with Crippen LogP contribution in [0.15, 0.2) is 83.8 Å². The van der Waals surface area contributed by atoms with Gasteiger partial charge in [-0.3, -0.25) is 14.5 Å². The van der Waals surface area contributed by atoms with Crippen LogP contribution in [0.1, 0.15) is 45.5 Å². The second-order valence-corrected chi connectivity index (χ2v) is 16.4. The van der Waals surface area contributed by atoms with Crippen LogP contribution in [0, 0.1) is 5.82 Å². The Morgan fingerprint density at radius 1 is 0.684 bits per heavy atom. The molecule has 4 aliphatic heterocycles. The summed E-state index contributed by atoms with van der Waals surface area (Å²) in [5.74, 6) is 3.37. The van der Waals surface area contributed by atoms with Gasteiger partial charge in [-0.15, -0.1) is 0 Å². The van der Waals surface area contributed by atoms with Gasteiger partial charge in [0.1, 0.15) is 11.6 Å². The first-order valence-corrected chi connectivity index (χ1v) is 20.3. The van der Waals surface area contributed by atoms with Crippen LogP contribution < -0.4 is 33.1 Å². The number of rotatable bonds is 7. The summed E-state index contributed by atoms with van der Waals surface area (Å²) in [7, 11) is 6.38. The van der Waals surface area contributed by atoms with E-state index >= 15 is 0 Å². The highest BCUT2D eigenvalue weighted by Gasteiger charge is 2.35. The lowest BCUT2D eigenvalue weighted by Crippen LogP contribution is -2.34. The molecule has 6 bridgehead atoms. The van der Waals surface area contributed by atoms with E-state index in [-0.39, 0.29) is 22.7 Å². The van der Waals surface area contributed by atoms with Gasteiger partial charge in [-0.2, -0.15) is 0 Å². The number of hydrogen-bond donors (Lipinski definition) is 1. The molecule has 0 aromatic heterocycles. The van der Waals surface area contributed by atoms with Crippen LogP contribution in [0.4, 0.5) is 10.1 Å².